The number of carbonyl (C=O) groups excluding carboxylic acids is 1. The van der Waals surface area contributed by atoms with E-state index >= 15 is 0 Å². The van der Waals surface area contributed by atoms with Gasteiger partial charge in [0.2, 0.25) is 0 Å². The van der Waals surface area contributed by atoms with Crippen molar-refractivity contribution in [2.45, 2.75) is 19.2 Å². The number of nitrogens with zero attached hydrogens (tertiary/aromatic N) is 6. The number of ether oxygens (including phenoxy) is 2. The van der Waals surface area contributed by atoms with E-state index in [9.17, 15) is 9.90 Å². The van der Waals surface area contributed by atoms with Crippen LogP contribution in [0.25, 0.3) is 22.3 Å². The largest absolute Gasteiger partial charge is 0.497 e. The highest BCUT2D eigenvalue weighted by atomic mass is 16.5. The molecule has 0 bridgehead atoms. The number of rotatable bonds is 8. The van der Waals surface area contributed by atoms with Gasteiger partial charge in [0.1, 0.15) is 11.5 Å². The number of amides is 1. The standard InChI is InChI=1S/C31H30N6O4/c1-19(17-36-30(38)25-7-5-6-8-26(25)31(36)39)37(22-11-23(40-3)14-24(12-22)41-4)21-9-10-27-28(13-21)34-29(16-32-27)20-15-33-35(2)18-20/h5-16,18-19,30,38H,17H2,1-4H3. The SMILES string of the molecule is COc1cc(OC)cc(N(c2ccc3ncc(-c4cnn(C)c4)nc3c2)C(C)CN2C(=O)c3ccccc3C2O)c1. The molecule has 1 N–H and O–H groups in total. The second kappa shape index (κ2) is 10.5. The first-order chi connectivity index (χ1) is 19.9. The van der Waals surface area contributed by atoms with Crippen LogP contribution in [-0.2, 0) is 7.05 Å². The molecule has 1 amide bonds. The molecule has 0 saturated carbocycles. The lowest BCUT2D eigenvalue weighted by molar-refractivity contribution is 0.0158. The van der Waals surface area contributed by atoms with E-state index in [1.807, 2.05) is 62.6 Å². The van der Waals surface area contributed by atoms with E-state index in [-0.39, 0.29) is 18.5 Å². The molecule has 1 aliphatic heterocycles. The molecule has 208 valence electrons. The van der Waals surface area contributed by atoms with Gasteiger partial charge in [-0.25, -0.2) is 4.98 Å². The first-order valence-corrected chi connectivity index (χ1v) is 13.2. The number of aliphatic hydroxyl groups is 1. The minimum Gasteiger partial charge on any atom is -0.497 e. The molecule has 10 heteroatoms. The lowest BCUT2D eigenvalue weighted by atomic mass is 10.1. The van der Waals surface area contributed by atoms with E-state index in [1.165, 1.54) is 4.90 Å². The Morgan fingerprint density at radius 2 is 1.73 bits per heavy atom. The number of aliphatic hydroxyl groups excluding tert-OH is 1. The highest BCUT2D eigenvalue weighted by molar-refractivity contribution is 5.99. The van der Waals surface area contributed by atoms with Crippen LogP contribution >= 0.6 is 0 Å². The maximum Gasteiger partial charge on any atom is 0.256 e. The van der Waals surface area contributed by atoms with E-state index < -0.39 is 6.23 Å². The highest BCUT2D eigenvalue weighted by Crippen LogP contribution is 2.38. The van der Waals surface area contributed by atoms with Crippen molar-refractivity contribution in [3.05, 3.63) is 90.4 Å². The van der Waals surface area contributed by atoms with Gasteiger partial charge in [-0.1, -0.05) is 18.2 Å². The van der Waals surface area contributed by atoms with Crippen LogP contribution in [0.15, 0.2) is 79.3 Å². The number of aromatic nitrogens is 4. The fourth-order valence-corrected chi connectivity index (χ4v) is 5.33. The number of benzene rings is 3. The van der Waals surface area contributed by atoms with Gasteiger partial charge in [0.05, 0.1) is 43.3 Å². The predicted molar refractivity (Wildman–Crippen MR) is 155 cm³/mol. The van der Waals surface area contributed by atoms with Crippen molar-refractivity contribution in [3.8, 4) is 22.8 Å². The summed E-state index contributed by atoms with van der Waals surface area (Å²) in [5.41, 5.74) is 5.80. The van der Waals surface area contributed by atoms with E-state index in [4.69, 9.17) is 14.5 Å². The Morgan fingerprint density at radius 3 is 2.41 bits per heavy atom. The quantitative estimate of drug-likeness (QED) is 0.296. The number of anilines is 2. The van der Waals surface area contributed by atoms with Gasteiger partial charge in [0.15, 0.2) is 6.23 Å². The van der Waals surface area contributed by atoms with Gasteiger partial charge in [-0.2, -0.15) is 5.10 Å². The Bertz CT molecular complexity index is 1730. The fraction of sp³-hybridized carbons (Fsp3) is 0.226. The topological polar surface area (TPSA) is 106 Å². The number of methoxy groups -OCH3 is 2. The maximum absolute atomic E-state index is 13.3. The van der Waals surface area contributed by atoms with Crippen LogP contribution < -0.4 is 14.4 Å². The van der Waals surface area contributed by atoms with Crippen molar-refractivity contribution in [3.63, 3.8) is 0 Å². The molecule has 3 heterocycles. The van der Waals surface area contributed by atoms with Crippen LogP contribution in [0.1, 0.15) is 29.1 Å². The molecule has 0 spiro atoms. The van der Waals surface area contributed by atoms with Gasteiger partial charge in [-0.15, -0.1) is 0 Å². The summed E-state index contributed by atoms with van der Waals surface area (Å²) >= 11 is 0. The van der Waals surface area contributed by atoms with Gasteiger partial charge in [0.25, 0.3) is 5.91 Å². The van der Waals surface area contributed by atoms with Crippen LogP contribution in [-0.4, -0.2) is 62.5 Å². The van der Waals surface area contributed by atoms with Crippen molar-refractivity contribution in [2.75, 3.05) is 25.7 Å². The van der Waals surface area contributed by atoms with Gasteiger partial charge in [-0.05, 0) is 31.2 Å². The summed E-state index contributed by atoms with van der Waals surface area (Å²) in [6, 6.07) is 18.4. The van der Waals surface area contributed by atoms with E-state index in [1.54, 1.807) is 49.5 Å². The molecule has 1 aliphatic rings. The van der Waals surface area contributed by atoms with Crippen molar-refractivity contribution >= 4 is 28.3 Å². The minimum atomic E-state index is -1.02. The molecule has 2 unspecified atom stereocenters. The Balaban J connectivity index is 1.43. The number of carbonyl (C=O) groups is 1. The normalized spacial score (nSPS) is 15.2. The Labute approximate surface area is 237 Å². The van der Waals surface area contributed by atoms with Crippen molar-refractivity contribution in [1.29, 1.82) is 0 Å². The Hall–Kier alpha value is -4.96. The molecule has 5 aromatic rings. The zero-order valence-electron chi connectivity index (χ0n) is 23.2. The summed E-state index contributed by atoms with van der Waals surface area (Å²) in [6.07, 6.45) is 4.37. The molecule has 3 aromatic carbocycles. The van der Waals surface area contributed by atoms with Crippen molar-refractivity contribution in [1.82, 2.24) is 24.6 Å². The summed E-state index contributed by atoms with van der Waals surface area (Å²) in [4.78, 5) is 26.4. The molecule has 2 aromatic heterocycles. The number of aryl methyl sites for hydroxylation is 1. The predicted octanol–water partition coefficient (Wildman–Crippen LogP) is 4.72. The highest BCUT2D eigenvalue weighted by Gasteiger charge is 2.37. The van der Waals surface area contributed by atoms with Crippen LogP contribution in [0.3, 0.4) is 0 Å². The Morgan fingerprint density at radius 1 is 0.976 bits per heavy atom. The smallest absolute Gasteiger partial charge is 0.256 e. The van der Waals surface area contributed by atoms with Crippen LogP contribution in [0.4, 0.5) is 11.4 Å². The molecule has 6 rings (SSSR count). The lowest BCUT2D eigenvalue weighted by Crippen LogP contribution is -2.41. The molecule has 10 nitrogen and oxygen atoms in total. The third-order valence-corrected chi connectivity index (χ3v) is 7.35. The molecule has 0 radical (unpaired) electrons. The van der Waals surface area contributed by atoms with E-state index in [2.05, 4.69) is 15.0 Å². The molecular formula is C31H30N6O4. The minimum absolute atomic E-state index is 0.200. The summed E-state index contributed by atoms with van der Waals surface area (Å²) in [6.45, 7) is 2.27. The summed E-state index contributed by atoms with van der Waals surface area (Å²) in [5, 5.41) is 15.3. The third kappa shape index (κ3) is 4.82. The van der Waals surface area contributed by atoms with E-state index in [0.717, 1.165) is 22.5 Å². The third-order valence-electron chi connectivity index (χ3n) is 7.35. The molecule has 41 heavy (non-hydrogen) atoms. The average Bonchev–Trinajstić information content (AvgIpc) is 3.53. The number of hydrogen-bond donors (Lipinski definition) is 1. The van der Waals surface area contributed by atoms with Gasteiger partial charge < -0.3 is 24.4 Å². The van der Waals surface area contributed by atoms with Crippen LogP contribution in [0.5, 0.6) is 11.5 Å². The molecule has 0 fully saturated rings. The van der Waals surface area contributed by atoms with Crippen molar-refractivity contribution in [2.24, 2.45) is 7.05 Å². The second-order valence-corrected chi connectivity index (χ2v) is 10.0. The maximum atomic E-state index is 13.3. The van der Waals surface area contributed by atoms with Crippen LogP contribution in [0, 0.1) is 0 Å². The second-order valence-electron chi connectivity index (χ2n) is 10.0. The van der Waals surface area contributed by atoms with Gasteiger partial charge >= 0.3 is 0 Å². The summed E-state index contributed by atoms with van der Waals surface area (Å²) in [5.74, 6) is 1.05. The zero-order chi connectivity index (χ0) is 28.7. The fourth-order valence-electron chi connectivity index (χ4n) is 5.33. The zero-order valence-corrected chi connectivity index (χ0v) is 23.2. The molecular weight excluding hydrogens is 520 g/mol. The molecule has 0 saturated heterocycles. The van der Waals surface area contributed by atoms with Crippen molar-refractivity contribution < 1.29 is 19.4 Å². The van der Waals surface area contributed by atoms with Gasteiger partial charge in [-0.3, -0.25) is 14.5 Å². The lowest BCUT2D eigenvalue weighted by Gasteiger charge is -2.35. The van der Waals surface area contributed by atoms with Crippen LogP contribution in [0.2, 0.25) is 0 Å². The number of fused-ring (bicyclic) bond motifs is 2. The first-order valence-electron chi connectivity index (χ1n) is 13.2. The monoisotopic (exact) mass is 550 g/mol. The molecule has 2 atom stereocenters. The van der Waals surface area contributed by atoms with Gasteiger partial charge in [0, 0.05) is 72.1 Å². The Kier molecular flexibility index (Phi) is 6.76. The summed E-state index contributed by atoms with van der Waals surface area (Å²) in [7, 11) is 5.07. The summed E-state index contributed by atoms with van der Waals surface area (Å²) < 4.78 is 12.9. The number of hydrogen-bond acceptors (Lipinski definition) is 8. The average molecular weight is 551 g/mol. The molecule has 0 aliphatic carbocycles. The first kappa shape index (κ1) is 26.3. The van der Waals surface area contributed by atoms with E-state index in [0.29, 0.717) is 33.8 Å².